The Bertz CT molecular complexity index is 1580. The Kier molecular flexibility index (Phi) is 7.41. The van der Waals surface area contributed by atoms with Crippen molar-refractivity contribution in [3.05, 3.63) is 46.4 Å². The highest BCUT2D eigenvalue weighted by molar-refractivity contribution is 5.88. The van der Waals surface area contributed by atoms with Crippen LogP contribution in [0, 0.1) is 11.8 Å². The lowest BCUT2D eigenvalue weighted by atomic mass is 9.83. The molecule has 222 valence electrons. The summed E-state index contributed by atoms with van der Waals surface area (Å²) in [7, 11) is 0. The Morgan fingerprint density at radius 2 is 1.83 bits per heavy atom. The number of nitrogens with one attached hydrogen (secondary N) is 1. The van der Waals surface area contributed by atoms with Crippen LogP contribution in [-0.4, -0.2) is 75.2 Å². The largest absolute Gasteiger partial charge is 0.439 e. The van der Waals surface area contributed by atoms with E-state index in [-0.39, 0.29) is 23.8 Å². The number of hydrogen-bond acceptors (Lipinski definition) is 10. The van der Waals surface area contributed by atoms with Crippen molar-refractivity contribution in [2.45, 2.75) is 58.2 Å². The predicted octanol–water partition coefficient (Wildman–Crippen LogP) is 3.80. The molecule has 0 radical (unpaired) electrons. The molecule has 3 aliphatic rings. The molecular weight excluding hydrogens is 536 g/mol. The maximum atomic E-state index is 11.8. The van der Waals surface area contributed by atoms with Crippen LogP contribution in [0.4, 0.5) is 11.8 Å². The van der Waals surface area contributed by atoms with Gasteiger partial charge in [0.05, 0.1) is 32.0 Å². The quantitative estimate of drug-likeness (QED) is 0.363. The number of nitrogens with zero attached hydrogens (tertiary/aromatic N) is 7. The normalized spacial score (nSPS) is 25.3. The first-order valence-corrected chi connectivity index (χ1v) is 15.1. The molecule has 1 aromatic carbocycles. The van der Waals surface area contributed by atoms with E-state index in [2.05, 4.69) is 62.6 Å². The van der Waals surface area contributed by atoms with Crippen LogP contribution in [0.25, 0.3) is 22.8 Å². The standard InChI is InChI=1S/C30H38N8O4/c1-19-8-10-21(11-9-19)17-38-24-25(33-29(38)37-13-14-40-18-23(37)22-6-4-3-5-7-22)31-26(27-34-30(39)42-35-27)32-28(24)36-12-15-41-20(2)16-36/h3-7,19-21,23H,8-18H2,1-2H3,(H,34,35,39)/t19?,20?,21?,23-/m0/s1. The van der Waals surface area contributed by atoms with E-state index in [1.54, 1.807) is 0 Å². The number of anilines is 2. The zero-order valence-electron chi connectivity index (χ0n) is 24.2. The lowest BCUT2D eigenvalue weighted by Crippen LogP contribution is -2.42. The van der Waals surface area contributed by atoms with Crippen molar-refractivity contribution < 1.29 is 14.0 Å². The summed E-state index contributed by atoms with van der Waals surface area (Å²) in [5.74, 6) is 2.79. The Labute approximate surface area is 244 Å². The maximum absolute atomic E-state index is 11.8. The summed E-state index contributed by atoms with van der Waals surface area (Å²) in [6.45, 7) is 9.17. The summed E-state index contributed by atoms with van der Waals surface area (Å²) >= 11 is 0. The van der Waals surface area contributed by atoms with Gasteiger partial charge in [-0.25, -0.2) is 14.8 Å². The highest BCUT2D eigenvalue weighted by atomic mass is 16.5. The maximum Gasteiger partial charge on any atom is 0.439 e. The number of morpholine rings is 2. The molecule has 1 unspecified atom stereocenters. The SMILES string of the molecule is CC1CCC(Cn2c(N3CCOC[C@H]3c3ccccc3)nc3nc(-c4noc(=O)[nH]4)nc(N4CCOC(C)C4)c32)CC1. The average molecular weight is 575 g/mol. The van der Waals surface area contributed by atoms with Gasteiger partial charge in [0, 0.05) is 26.2 Å². The van der Waals surface area contributed by atoms with Crippen molar-refractivity contribution in [3.8, 4) is 11.6 Å². The molecule has 1 N–H and O–H groups in total. The molecule has 0 bridgehead atoms. The van der Waals surface area contributed by atoms with E-state index < -0.39 is 5.76 Å². The lowest BCUT2D eigenvalue weighted by Gasteiger charge is -2.38. The summed E-state index contributed by atoms with van der Waals surface area (Å²) in [4.78, 5) is 34.2. The first kappa shape index (κ1) is 27.1. The van der Waals surface area contributed by atoms with Crippen molar-refractivity contribution in [2.75, 3.05) is 49.3 Å². The highest BCUT2D eigenvalue weighted by Gasteiger charge is 2.33. The van der Waals surface area contributed by atoms with Crippen LogP contribution in [0.1, 0.15) is 51.1 Å². The van der Waals surface area contributed by atoms with Gasteiger partial charge in [-0.15, -0.1) is 0 Å². The number of benzene rings is 1. The molecule has 5 heterocycles. The highest BCUT2D eigenvalue weighted by Crippen LogP contribution is 2.38. The monoisotopic (exact) mass is 574 g/mol. The number of fused-ring (bicyclic) bond motifs is 1. The van der Waals surface area contributed by atoms with Crippen LogP contribution in [0.3, 0.4) is 0 Å². The molecule has 0 amide bonds. The Morgan fingerprint density at radius 1 is 1.00 bits per heavy atom. The van der Waals surface area contributed by atoms with Crippen LogP contribution in [0.5, 0.6) is 0 Å². The molecule has 0 spiro atoms. The second kappa shape index (κ2) is 11.5. The first-order valence-electron chi connectivity index (χ1n) is 15.1. The summed E-state index contributed by atoms with van der Waals surface area (Å²) in [6.07, 6.45) is 4.91. The molecule has 7 rings (SSSR count). The van der Waals surface area contributed by atoms with Gasteiger partial charge in [0.1, 0.15) is 5.52 Å². The van der Waals surface area contributed by atoms with E-state index in [4.69, 9.17) is 28.9 Å². The minimum absolute atomic E-state index is 0.0214. The van der Waals surface area contributed by atoms with E-state index in [0.29, 0.717) is 51.0 Å². The number of H-pyrrole nitrogens is 1. The van der Waals surface area contributed by atoms with Gasteiger partial charge in [-0.05, 0) is 37.2 Å². The first-order chi connectivity index (χ1) is 20.5. The molecule has 3 aromatic heterocycles. The fourth-order valence-electron chi connectivity index (χ4n) is 6.63. The van der Waals surface area contributed by atoms with Gasteiger partial charge in [0.15, 0.2) is 11.5 Å². The third kappa shape index (κ3) is 5.29. The number of ether oxygens (including phenoxy) is 2. The third-order valence-corrected chi connectivity index (χ3v) is 8.90. The molecule has 2 atom stereocenters. The van der Waals surface area contributed by atoms with Gasteiger partial charge in [-0.1, -0.05) is 55.3 Å². The summed E-state index contributed by atoms with van der Waals surface area (Å²) in [5.41, 5.74) is 2.68. The van der Waals surface area contributed by atoms with Crippen molar-refractivity contribution in [1.82, 2.24) is 29.7 Å². The zero-order valence-corrected chi connectivity index (χ0v) is 24.2. The van der Waals surface area contributed by atoms with E-state index in [1.165, 1.54) is 31.2 Å². The van der Waals surface area contributed by atoms with Gasteiger partial charge in [-0.2, -0.15) is 4.98 Å². The lowest BCUT2D eigenvalue weighted by molar-refractivity contribution is 0.0530. The van der Waals surface area contributed by atoms with Crippen molar-refractivity contribution in [3.63, 3.8) is 0 Å². The van der Waals surface area contributed by atoms with Crippen LogP contribution in [0.15, 0.2) is 39.6 Å². The van der Waals surface area contributed by atoms with E-state index >= 15 is 0 Å². The molecule has 42 heavy (non-hydrogen) atoms. The molecule has 3 fully saturated rings. The molecule has 2 aliphatic heterocycles. The van der Waals surface area contributed by atoms with Crippen LogP contribution in [-0.2, 0) is 16.0 Å². The van der Waals surface area contributed by atoms with Crippen molar-refractivity contribution >= 4 is 22.9 Å². The van der Waals surface area contributed by atoms with Gasteiger partial charge in [0.2, 0.25) is 17.6 Å². The van der Waals surface area contributed by atoms with Crippen molar-refractivity contribution in [2.24, 2.45) is 11.8 Å². The Balaban J connectivity index is 1.41. The Morgan fingerprint density at radius 3 is 2.60 bits per heavy atom. The molecule has 1 aliphatic carbocycles. The smallest absolute Gasteiger partial charge is 0.377 e. The molecule has 12 heteroatoms. The summed E-state index contributed by atoms with van der Waals surface area (Å²) in [5, 5.41) is 3.89. The number of rotatable bonds is 6. The predicted molar refractivity (Wildman–Crippen MR) is 158 cm³/mol. The van der Waals surface area contributed by atoms with Crippen LogP contribution >= 0.6 is 0 Å². The van der Waals surface area contributed by atoms with E-state index in [9.17, 15) is 4.79 Å². The van der Waals surface area contributed by atoms with Crippen LogP contribution < -0.4 is 15.6 Å². The molecule has 12 nitrogen and oxygen atoms in total. The van der Waals surface area contributed by atoms with Crippen molar-refractivity contribution in [1.29, 1.82) is 0 Å². The van der Waals surface area contributed by atoms with E-state index in [0.717, 1.165) is 29.7 Å². The van der Waals surface area contributed by atoms with E-state index in [1.807, 2.05) is 6.07 Å². The molecule has 4 aromatic rings. The summed E-state index contributed by atoms with van der Waals surface area (Å²) < 4.78 is 19.0. The minimum atomic E-state index is -0.646. The fraction of sp³-hybridized carbons (Fsp3) is 0.567. The minimum Gasteiger partial charge on any atom is -0.377 e. The number of imidazole rings is 1. The van der Waals surface area contributed by atoms with Gasteiger partial charge >= 0.3 is 5.76 Å². The number of aromatic amines is 1. The van der Waals surface area contributed by atoms with Gasteiger partial charge < -0.3 is 23.8 Å². The number of aromatic nitrogens is 6. The molecule has 2 saturated heterocycles. The average Bonchev–Trinajstić information content (AvgIpc) is 3.62. The summed E-state index contributed by atoms with van der Waals surface area (Å²) in [6, 6.07) is 10.5. The zero-order chi connectivity index (χ0) is 28.6. The van der Waals surface area contributed by atoms with Gasteiger partial charge in [0.25, 0.3) is 0 Å². The Hall–Kier alpha value is -3.77. The van der Waals surface area contributed by atoms with Gasteiger partial charge in [-0.3, -0.25) is 9.51 Å². The fourth-order valence-corrected chi connectivity index (χ4v) is 6.63. The number of hydrogen-bond donors (Lipinski definition) is 1. The molecular formula is C30H38N8O4. The second-order valence-corrected chi connectivity index (χ2v) is 12.0. The molecule has 1 saturated carbocycles. The topological polar surface area (TPSA) is 127 Å². The second-order valence-electron chi connectivity index (χ2n) is 12.0. The van der Waals surface area contributed by atoms with Crippen LogP contribution in [0.2, 0.25) is 0 Å². The third-order valence-electron chi connectivity index (χ3n) is 8.90.